The van der Waals surface area contributed by atoms with Crippen molar-refractivity contribution in [3.8, 4) is 0 Å². The van der Waals surface area contributed by atoms with E-state index in [0.29, 0.717) is 27.2 Å². The Morgan fingerprint density at radius 1 is 1.04 bits per heavy atom. The molecular formula is C19H16Cl3N3O2. The smallest absolute Gasteiger partial charge is 0.338 e. The molecule has 3 aromatic rings. The summed E-state index contributed by atoms with van der Waals surface area (Å²) >= 11 is 17.7. The summed E-state index contributed by atoms with van der Waals surface area (Å²) < 4.78 is 7.05. The van der Waals surface area contributed by atoms with Crippen molar-refractivity contribution < 1.29 is 9.53 Å². The van der Waals surface area contributed by atoms with E-state index in [2.05, 4.69) is 10.4 Å². The van der Waals surface area contributed by atoms with E-state index in [0.717, 1.165) is 17.2 Å². The molecule has 0 saturated carbocycles. The fourth-order valence-corrected chi connectivity index (χ4v) is 3.13. The van der Waals surface area contributed by atoms with Gasteiger partial charge in [-0.15, -0.1) is 0 Å². The largest absolute Gasteiger partial charge is 0.460 e. The van der Waals surface area contributed by atoms with Crippen molar-refractivity contribution in [1.82, 2.24) is 9.78 Å². The van der Waals surface area contributed by atoms with Gasteiger partial charge in [0.25, 0.3) is 0 Å². The normalized spacial score (nSPS) is 10.7. The Morgan fingerprint density at radius 2 is 1.70 bits per heavy atom. The SMILES string of the molecule is Cc1cc(Nc2ccc(Cl)cc2)n(CCOC(=O)c2cc(Cl)cc(Cl)c2)n1. The van der Waals surface area contributed by atoms with Gasteiger partial charge in [0.05, 0.1) is 17.8 Å². The van der Waals surface area contributed by atoms with Gasteiger partial charge in [0, 0.05) is 26.8 Å². The molecule has 0 spiro atoms. The van der Waals surface area contributed by atoms with Crippen LogP contribution in [-0.4, -0.2) is 22.4 Å². The molecule has 3 rings (SSSR count). The molecule has 0 radical (unpaired) electrons. The van der Waals surface area contributed by atoms with Crippen LogP contribution in [0.15, 0.2) is 48.5 Å². The highest BCUT2D eigenvalue weighted by atomic mass is 35.5. The van der Waals surface area contributed by atoms with Crippen LogP contribution in [0.25, 0.3) is 0 Å². The van der Waals surface area contributed by atoms with Crippen molar-refractivity contribution >= 4 is 52.3 Å². The number of anilines is 2. The van der Waals surface area contributed by atoms with Gasteiger partial charge in [0.2, 0.25) is 0 Å². The number of aromatic nitrogens is 2. The molecule has 0 amide bonds. The van der Waals surface area contributed by atoms with Gasteiger partial charge in [-0.25, -0.2) is 9.48 Å². The van der Waals surface area contributed by atoms with Crippen LogP contribution in [-0.2, 0) is 11.3 Å². The van der Waals surface area contributed by atoms with Gasteiger partial charge in [-0.1, -0.05) is 34.8 Å². The van der Waals surface area contributed by atoms with Crippen LogP contribution < -0.4 is 5.32 Å². The lowest BCUT2D eigenvalue weighted by Gasteiger charge is -2.11. The van der Waals surface area contributed by atoms with Crippen molar-refractivity contribution in [2.24, 2.45) is 0 Å². The third kappa shape index (κ3) is 5.39. The van der Waals surface area contributed by atoms with Crippen molar-refractivity contribution in [2.75, 3.05) is 11.9 Å². The van der Waals surface area contributed by atoms with Crippen LogP contribution in [0.4, 0.5) is 11.5 Å². The molecule has 1 aromatic heterocycles. The second-order valence-corrected chi connectivity index (χ2v) is 7.13. The fourth-order valence-electron chi connectivity index (χ4n) is 2.48. The maximum absolute atomic E-state index is 12.2. The first-order valence-corrected chi connectivity index (χ1v) is 9.24. The van der Waals surface area contributed by atoms with E-state index in [-0.39, 0.29) is 6.61 Å². The summed E-state index contributed by atoms with van der Waals surface area (Å²) in [5.41, 5.74) is 2.04. The average Bonchev–Trinajstić information content (AvgIpc) is 2.95. The lowest BCUT2D eigenvalue weighted by Crippen LogP contribution is -2.14. The number of hydrogen-bond donors (Lipinski definition) is 1. The van der Waals surface area contributed by atoms with Gasteiger partial charge >= 0.3 is 5.97 Å². The third-order valence-corrected chi connectivity index (χ3v) is 4.34. The highest BCUT2D eigenvalue weighted by molar-refractivity contribution is 6.35. The number of nitrogens with zero attached hydrogens (tertiary/aromatic N) is 2. The molecule has 0 fully saturated rings. The molecule has 0 atom stereocenters. The molecule has 1 heterocycles. The van der Waals surface area contributed by atoms with E-state index < -0.39 is 5.97 Å². The second kappa shape index (κ2) is 8.65. The maximum atomic E-state index is 12.2. The molecule has 140 valence electrons. The molecule has 5 nitrogen and oxygen atoms in total. The Morgan fingerprint density at radius 3 is 2.37 bits per heavy atom. The van der Waals surface area contributed by atoms with Crippen LogP contribution in [0, 0.1) is 6.92 Å². The Balaban J connectivity index is 1.62. The van der Waals surface area contributed by atoms with E-state index in [4.69, 9.17) is 39.5 Å². The molecule has 0 aliphatic heterocycles. The monoisotopic (exact) mass is 423 g/mol. The number of carbonyl (C=O) groups excluding carboxylic acids is 1. The zero-order valence-electron chi connectivity index (χ0n) is 14.4. The average molecular weight is 425 g/mol. The number of aryl methyl sites for hydroxylation is 1. The van der Waals surface area contributed by atoms with Crippen molar-refractivity contribution in [3.63, 3.8) is 0 Å². The Kier molecular flexibility index (Phi) is 6.26. The number of carbonyl (C=O) groups is 1. The van der Waals surface area contributed by atoms with E-state index in [1.807, 2.05) is 25.1 Å². The summed E-state index contributed by atoms with van der Waals surface area (Å²) in [5, 5.41) is 9.12. The minimum absolute atomic E-state index is 0.152. The van der Waals surface area contributed by atoms with Gasteiger partial charge in [-0.3, -0.25) is 0 Å². The number of benzene rings is 2. The first-order chi connectivity index (χ1) is 12.9. The number of nitrogens with one attached hydrogen (secondary N) is 1. The number of halogens is 3. The zero-order chi connectivity index (χ0) is 19.4. The molecule has 0 aliphatic carbocycles. The highest BCUT2D eigenvalue weighted by Crippen LogP contribution is 2.21. The first kappa shape index (κ1) is 19.5. The number of ether oxygens (including phenoxy) is 1. The minimum Gasteiger partial charge on any atom is -0.460 e. The summed E-state index contributed by atoms with van der Waals surface area (Å²) in [6.07, 6.45) is 0. The molecule has 2 aromatic carbocycles. The molecule has 27 heavy (non-hydrogen) atoms. The first-order valence-electron chi connectivity index (χ1n) is 8.11. The van der Waals surface area contributed by atoms with Crippen LogP contribution in [0.5, 0.6) is 0 Å². The van der Waals surface area contributed by atoms with E-state index in [1.54, 1.807) is 22.9 Å². The quantitative estimate of drug-likeness (QED) is 0.512. The van der Waals surface area contributed by atoms with Crippen LogP contribution in [0.2, 0.25) is 15.1 Å². The highest BCUT2D eigenvalue weighted by Gasteiger charge is 2.11. The standard InChI is InChI=1S/C19H16Cl3N3O2/c1-12-8-18(23-17-4-2-14(20)3-5-17)25(24-12)6-7-27-19(26)13-9-15(21)11-16(22)10-13/h2-5,8-11,23H,6-7H2,1H3. The van der Waals surface area contributed by atoms with Crippen molar-refractivity contribution in [2.45, 2.75) is 13.5 Å². The molecule has 1 N–H and O–H groups in total. The molecule has 0 aliphatic rings. The maximum Gasteiger partial charge on any atom is 0.338 e. The number of esters is 1. The number of hydrogen-bond acceptors (Lipinski definition) is 4. The van der Waals surface area contributed by atoms with Gasteiger partial charge in [-0.2, -0.15) is 5.10 Å². The van der Waals surface area contributed by atoms with Gasteiger partial charge in [0.1, 0.15) is 12.4 Å². The second-order valence-electron chi connectivity index (χ2n) is 5.82. The van der Waals surface area contributed by atoms with Crippen molar-refractivity contribution in [1.29, 1.82) is 0 Å². The summed E-state index contributed by atoms with van der Waals surface area (Å²) in [5.74, 6) is 0.298. The minimum atomic E-state index is -0.490. The lowest BCUT2D eigenvalue weighted by molar-refractivity contribution is 0.0488. The predicted molar refractivity (Wildman–Crippen MR) is 108 cm³/mol. The zero-order valence-corrected chi connectivity index (χ0v) is 16.6. The summed E-state index contributed by atoms with van der Waals surface area (Å²) in [6.45, 7) is 2.44. The molecule has 0 bridgehead atoms. The third-order valence-electron chi connectivity index (χ3n) is 3.65. The molecular weight excluding hydrogens is 409 g/mol. The Bertz CT molecular complexity index is 935. The van der Waals surface area contributed by atoms with Gasteiger partial charge in [0.15, 0.2) is 0 Å². The van der Waals surface area contributed by atoms with Gasteiger partial charge in [-0.05, 0) is 49.4 Å². The van der Waals surface area contributed by atoms with E-state index in [9.17, 15) is 4.79 Å². The molecule has 0 unspecified atom stereocenters. The van der Waals surface area contributed by atoms with E-state index >= 15 is 0 Å². The summed E-state index contributed by atoms with van der Waals surface area (Å²) in [6, 6.07) is 13.8. The van der Waals surface area contributed by atoms with Crippen LogP contribution >= 0.6 is 34.8 Å². The lowest BCUT2D eigenvalue weighted by atomic mass is 10.2. The summed E-state index contributed by atoms with van der Waals surface area (Å²) in [4.78, 5) is 12.2. The fraction of sp³-hybridized carbons (Fsp3) is 0.158. The van der Waals surface area contributed by atoms with Crippen molar-refractivity contribution in [3.05, 3.63) is 74.9 Å². The Hall–Kier alpha value is -2.21. The van der Waals surface area contributed by atoms with Crippen LogP contribution in [0.3, 0.4) is 0 Å². The van der Waals surface area contributed by atoms with Crippen LogP contribution in [0.1, 0.15) is 16.1 Å². The Labute approximate surface area is 171 Å². The topological polar surface area (TPSA) is 56.2 Å². The van der Waals surface area contributed by atoms with E-state index in [1.165, 1.54) is 12.1 Å². The molecule has 0 saturated heterocycles. The summed E-state index contributed by atoms with van der Waals surface area (Å²) in [7, 11) is 0. The van der Waals surface area contributed by atoms with Gasteiger partial charge < -0.3 is 10.1 Å². The predicted octanol–water partition coefficient (Wildman–Crippen LogP) is 5.75. The molecule has 8 heteroatoms. The number of rotatable bonds is 6.